The molecule has 0 aromatic heterocycles. The van der Waals surface area contributed by atoms with Gasteiger partial charge in [-0.25, -0.2) is 0 Å². The van der Waals surface area contributed by atoms with Crippen LogP contribution < -0.4 is 4.74 Å². The van der Waals surface area contributed by atoms with E-state index in [-0.39, 0.29) is 17.6 Å². The molecule has 0 spiro atoms. The average molecular weight is 354 g/mol. The van der Waals surface area contributed by atoms with Gasteiger partial charge in [-0.2, -0.15) is 0 Å². The number of amides is 2. The molecule has 2 aromatic carbocycles. The zero-order chi connectivity index (χ0) is 18.5. The normalized spacial score (nSPS) is 14.2. The summed E-state index contributed by atoms with van der Waals surface area (Å²) in [4.78, 5) is 28.6. The van der Waals surface area contributed by atoms with Crippen LogP contribution in [0.15, 0.2) is 48.5 Å². The molecule has 3 rings (SSSR count). The first kappa shape index (κ1) is 17.8. The van der Waals surface area contributed by atoms with Gasteiger partial charge < -0.3 is 19.6 Å². The van der Waals surface area contributed by atoms with Crippen LogP contribution >= 0.6 is 0 Å². The van der Waals surface area contributed by atoms with Crippen LogP contribution in [0.4, 0.5) is 0 Å². The smallest absolute Gasteiger partial charge is 0.254 e. The number of nitrogens with zero attached hydrogens (tertiary/aromatic N) is 2. The molecule has 0 unspecified atom stereocenters. The van der Waals surface area contributed by atoms with Crippen molar-refractivity contribution in [2.45, 2.75) is 6.92 Å². The molecule has 1 aliphatic rings. The molecule has 0 atom stereocenters. The summed E-state index contributed by atoms with van der Waals surface area (Å²) in [7, 11) is 0. The molecule has 1 fully saturated rings. The maximum absolute atomic E-state index is 12.6. The van der Waals surface area contributed by atoms with E-state index >= 15 is 0 Å². The molecular formula is C20H22N2O4. The molecule has 6 heteroatoms. The van der Waals surface area contributed by atoms with Gasteiger partial charge in [0.25, 0.3) is 11.8 Å². The summed E-state index contributed by atoms with van der Waals surface area (Å²) in [5, 5.41) is 9.52. The molecule has 6 nitrogen and oxygen atoms in total. The van der Waals surface area contributed by atoms with Gasteiger partial charge in [-0.05, 0) is 49.4 Å². The van der Waals surface area contributed by atoms with Gasteiger partial charge in [0.05, 0.1) is 6.61 Å². The van der Waals surface area contributed by atoms with Crippen LogP contribution in [-0.4, -0.2) is 59.5 Å². The lowest BCUT2D eigenvalue weighted by atomic mass is 10.1. The van der Waals surface area contributed by atoms with E-state index in [4.69, 9.17) is 4.74 Å². The van der Waals surface area contributed by atoms with Crippen molar-refractivity contribution in [2.75, 3.05) is 32.8 Å². The topological polar surface area (TPSA) is 70.1 Å². The third-order valence-electron chi connectivity index (χ3n) is 4.36. The van der Waals surface area contributed by atoms with Crippen LogP contribution in [-0.2, 0) is 0 Å². The predicted molar refractivity (Wildman–Crippen MR) is 97.5 cm³/mol. The third-order valence-corrected chi connectivity index (χ3v) is 4.36. The van der Waals surface area contributed by atoms with Crippen LogP contribution in [0.25, 0.3) is 0 Å². The summed E-state index contributed by atoms with van der Waals surface area (Å²) < 4.78 is 5.39. The lowest BCUT2D eigenvalue weighted by molar-refractivity contribution is 0.0535. The Labute approximate surface area is 152 Å². The van der Waals surface area contributed by atoms with Crippen LogP contribution in [0.1, 0.15) is 27.6 Å². The maximum atomic E-state index is 12.6. The largest absolute Gasteiger partial charge is 0.508 e. The number of hydrogen-bond donors (Lipinski definition) is 1. The van der Waals surface area contributed by atoms with Crippen molar-refractivity contribution in [2.24, 2.45) is 0 Å². The highest BCUT2D eigenvalue weighted by molar-refractivity contribution is 5.96. The van der Waals surface area contributed by atoms with E-state index in [9.17, 15) is 14.7 Å². The van der Waals surface area contributed by atoms with Crippen molar-refractivity contribution >= 4 is 11.8 Å². The van der Waals surface area contributed by atoms with Crippen molar-refractivity contribution in [3.63, 3.8) is 0 Å². The minimum absolute atomic E-state index is 0.0440. The van der Waals surface area contributed by atoms with Crippen molar-refractivity contribution in [1.29, 1.82) is 0 Å². The number of aromatic hydroxyl groups is 1. The lowest BCUT2D eigenvalue weighted by Crippen LogP contribution is -2.50. The minimum atomic E-state index is -0.130. The Morgan fingerprint density at radius 1 is 0.923 bits per heavy atom. The summed E-state index contributed by atoms with van der Waals surface area (Å²) in [6.45, 7) is 4.40. The van der Waals surface area contributed by atoms with Crippen LogP contribution in [0.3, 0.4) is 0 Å². The van der Waals surface area contributed by atoms with Crippen molar-refractivity contribution in [3.8, 4) is 11.5 Å². The van der Waals surface area contributed by atoms with Crippen LogP contribution in [0.2, 0.25) is 0 Å². The molecule has 1 N–H and O–H groups in total. The zero-order valence-electron chi connectivity index (χ0n) is 14.7. The van der Waals surface area contributed by atoms with Gasteiger partial charge in [0, 0.05) is 37.3 Å². The number of piperazine rings is 1. The van der Waals surface area contributed by atoms with Crippen LogP contribution in [0, 0.1) is 0 Å². The van der Waals surface area contributed by atoms with Gasteiger partial charge in [-0.15, -0.1) is 0 Å². The third kappa shape index (κ3) is 3.96. The highest BCUT2D eigenvalue weighted by Crippen LogP contribution is 2.17. The summed E-state index contributed by atoms with van der Waals surface area (Å²) in [6, 6.07) is 13.4. The number of rotatable bonds is 4. The predicted octanol–water partition coefficient (Wildman–Crippen LogP) is 2.39. The van der Waals surface area contributed by atoms with E-state index in [1.807, 2.05) is 6.92 Å². The molecule has 2 aromatic rings. The number of carbonyl (C=O) groups is 2. The molecule has 0 bridgehead atoms. The van der Waals surface area contributed by atoms with E-state index in [1.165, 1.54) is 12.1 Å². The van der Waals surface area contributed by atoms with Gasteiger partial charge in [0.15, 0.2) is 0 Å². The first-order chi connectivity index (χ1) is 12.6. The van der Waals surface area contributed by atoms with Gasteiger partial charge in [-0.1, -0.05) is 6.07 Å². The number of ether oxygens (including phenoxy) is 1. The van der Waals surface area contributed by atoms with E-state index in [2.05, 4.69) is 0 Å². The van der Waals surface area contributed by atoms with Gasteiger partial charge in [-0.3, -0.25) is 9.59 Å². The summed E-state index contributed by atoms with van der Waals surface area (Å²) in [5.74, 6) is 0.636. The van der Waals surface area contributed by atoms with E-state index < -0.39 is 0 Å². The fourth-order valence-corrected chi connectivity index (χ4v) is 2.98. The number of benzene rings is 2. The first-order valence-corrected chi connectivity index (χ1v) is 8.69. The molecule has 2 amide bonds. The highest BCUT2D eigenvalue weighted by Gasteiger charge is 2.25. The second-order valence-corrected chi connectivity index (χ2v) is 6.09. The second kappa shape index (κ2) is 7.91. The molecule has 0 saturated carbocycles. The van der Waals surface area contributed by atoms with Crippen LogP contribution in [0.5, 0.6) is 11.5 Å². The zero-order valence-corrected chi connectivity index (χ0v) is 14.7. The average Bonchev–Trinajstić information content (AvgIpc) is 2.68. The molecule has 1 heterocycles. The monoisotopic (exact) mass is 354 g/mol. The standard InChI is InChI=1S/C20H22N2O4/c1-2-26-18-8-6-15(7-9-18)19(24)21-10-12-22(13-11-21)20(25)16-4-3-5-17(23)14-16/h3-9,14,23H,2,10-13H2,1H3. The molecule has 0 radical (unpaired) electrons. The first-order valence-electron chi connectivity index (χ1n) is 8.69. The summed E-state index contributed by atoms with van der Waals surface area (Å²) in [6.07, 6.45) is 0. The van der Waals surface area contributed by atoms with E-state index in [1.54, 1.807) is 46.2 Å². The summed E-state index contributed by atoms with van der Waals surface area (Å²) in [5.41, 5.74) is 1.07. The molecule has 0 aliphatic carbocycles. The van der Waals surface area contributed by atoms with Gasteiger partial charge in [0.1, 0.15) is 11.5 Å². The molecule has 1 aliphatic heterocycles. The molecule has 26 heavy (non-hydrogen) atoms. The molecule has 1 saturated heterocycles. The Morgan fingerprint density at radius 3 is 2.04 bits per heavy atom. The molecular weight excluding hydrogens is 332 g/mol. The molecule has 136 valence electrons. The van der Waals surface area contributed by atoms with E-state index in [0.29, 0.717) is 43.9 Å². The quantitative estimate of drug-likeness (QED) is 0.915. The van der Waals surface area contributed by atoms with Crippen molar-refractivity contribution < 1.29 is 19.4 Å². The number of carbonyl (C=O) groups excluding carboxylic acids is 2. The SMILES string of the molecule is CCOc1ccc(C(=O)N2CCN(C(=O)c3cccc(O)c3)CC2)cc1. The van der Waals surface area contributed by atoms with Gasteiger partial charge in [0.2, 0.25) is 0 Å². The Balaban J connectivity index is 1.59. The number of hydrogen-bond acceptors (Lipinski definition) is 4. The summed E-state index contributed by atoms with van der Waals surface area (Å²) >= 11 is 0. The lowest BCUT2D eigenvalue weighted by Gasteiger charge is -2.35. The van der Waals surface area contributed by atoms with E-state index in [0.717, 1.165) is 5.75 Å². The Hall–Kier alpha value is -3.02. The second-order valence-electron chi connectivity index (χ2n) is 6.09. The van der Waals surface area contributed by atoms with Crippen molar-refractivity contribution in [1.82, 2.24) is 9.80 Å². The minimum Gasteiger partial charge on any atom is -0.508 e. The Kier molecular flexibility index (Phi) is 5.41. The number of phenols is 1. The number of phenolic OH excluding ortho intramolecular Hbond substituents is 1. The fourth-order valence-electron chi connectivity index (χ4n) is 2.98. The van der Waals surface area contributed by atoms with Crippen molar-refractivity contribution in [3.05, 3.63) is 59.7 Å². The van der Waals surface area contributed by atoms with Gasteiger partial charge >= 0.3 is 0 Å². The Bertz CT molecular complexity index is 781. The fraction of sp³-hybridized carbons (Fsp3) is 0.300. The Morgan fingerprint density at radius 2 is 1.50 bits per heavy atom. The maximum Gasteiger partial charge on any atom is 0.254 e. The highest BCUT2D eigenvalue weighted by atomic mass is 16.5.